The van der Waals surface area contributed by atoms with Gasteiger partial charge in [-0.05, 0) is 18.9 Å². The number of nitrogens with zero attached hydrogens (tertiary/aromatic N) is 2. The van der Waals surface area contributed by atoms with Crippen molar-refractivity contribution in [1.82, 2.24) is 15.5 Å². The molecule has 2 N–H and O–H groups in total. The van der Waals surface area contributed by atoms with E-state index < -0.39 is 17.4 Å². The number of hydrogen-bond acceptors (Lipinski definition) is 4. The Hall–Kier alpha value is -1.98. The van der Waals surface area contributed by atoms with Gasteiger partial charge in [-0.3, -0.25) is 4.79 Å². The molecule has 1 aromatic heterocycles. The van der Waals surface area contributed by atoms with Crippen molar-refractivity contribution in [1.29, 1.82) is 0 Å². The molecule has 17 heavy (non-hydrogen) atoms. The van der Waals surface area contributed by atoms with Gasteiger partial charge in [0, 0.05) is 0 Å². The van der Waals surface area contributed by atoms with Crippen molar-refractivity contribution in [2.45, 2.75) is 31.2 Å². The van der Waals surface area contributed by atoms with Crippen LogP contribution in [0.2, 0.25) is 0 Å². The van der Waals surface area contributed by atoms with Gasteiger partial charge < -0.3 is 10.4 Å². The molecule has 1 aliphatic rings. The largest absolute Gasteiger partial charge is 0.480 e. The second-order valence-corrected chi connectivity index (χ2v) is 4.18. The smallest absolute Gasteiger partial charge is 0.329 e. The monoisotopic (exact) mass is 235 g/mol. The maximum atomic E-state index is 11.9. The van der Waals surface area contributed by atoms with Crippen molar-refractivity contribution < 1.29 is 14.7 Å². The van der Waals surface area contributed by atoms with Gasteiger partial charge in [0.05, 0.1) is 18.0 Å². The van der Waals surface area contributed by atoms with Crippen molar-refractivity contribution in [2.24, 2.45) is 0 Å². The summed E-state index contributed by atoms with van der Waals surface area (Å²) in [4.78, 5) is 23.1. The van der Waals surface area contributed by atoms with Crippen LogP contribution < -0.4 is 5.32 Å². The minimum absolute atomic E-state index is 0.326. The van der Waals surface area contributed by atoms with Crippen LogP contribution in [-0.2, 0) is 4.79 Å². The van der Waals surface area contributed by atoms with Crippen LogP contribution in [0.15, 0.2) is 18.5 Å². The van der Waals surface area contributed by atoms with E-state index in [0.29, 0.717) is 18.4 Å². The Morgan fingerprint density at radius 1 is 1.29 bits per heavy atom. The molecule has 90 valence electrons. The fraction of sp³-hybridized carbons (Fsp3) is 0.455. The van der Waals surface area contributed by atoms with Gasteiger partial charge in [0.15, 0.2) is 0 Å². The lowest BCUT2D eigenvalue weighted by Crippen LogP contribution is -2.52. The summed E-state index contributed by atoms with van der Waals surface area (Å²) in [5.41, 5.74) is -0.784. The third-order valence-corrected chi connectivity index (χ3v) is 3.07. The third-order valence-electron chi connectivity index (χ3n) is 3.07. The highest BCUT2D eigenvalue weighted by Gasteiger charge is 2.42. The fourth-order valence-electron chi connectivity index (χ4n) is 2.09. The normalized spacial score (nSPS) is 17.6. The Bertz CT molecular complexity index is 427. The molecule has 1 saturated carbocycles. The molecule has 0 saturated heterocycles. The minimum Gasteiger partial charge on any atom is -0.480 e. The van der Waals surface area contributed by atoms with Gasteiger partial charge in [-0.2, -0.15) is 10.2 Å². The summed E-state index contributed by atoms with van der Waals surface area (Å²) in [5, 5.41) is 19.0. The second kappa shape index (κ2) is 4.48. The molecule has 0 radical (unpaired) electrons. The second-order valence-electron chi connectivity index (χ2n) is 4.18. The van der Waals surface area contributed by atoms with E-state index in [1.54, 1.807) is 0 Å². The summed E-state index contributed by atoms with van der Waals surface area (Å²) in [6.07, 6.45) is 5.32. The molecule has 0 spiro atoms. The van der Waals surface area contributed by atoms with Crippen LogP contribution in [0.3, 0.4) is 0 Å². The zero-order valence-electron chi connectivity index (χ0n) is 9.22. The van der Waals surface area contributed by atoms with Crippen LogP contribution in [0.1, 0.15) is 36.0 Å². The Kier molecular flexibility index (Phi) is 3.03. The number of nitrogens with one attached hydrogen (secondary N) is 1. The Morgan fingerprint density at radius 3 is 2.53 bits per heavy atom. The number of carboxylic acid groups (broad SMARTS) is 1. The summed E-state index contributed by atoms with van der Waals surface area (Å²) in [5.74, 6) is -1.38. The molecule has 0 unspecified atom stereocenters. The number of aliphatic carboxylic acids is 1. The lowest BCUT2D eigenvalue weighted by molar-refractivity contribution is -0.144. The van der Waals surface area contributed by atoms with Gasteiger partial charge >= 0.3 is 5.97 Å². The van der Waals surface area contributed by atoms with Crippen molar-refractivity contribution in [3.05, 3.63) is 24.0 Å². The molecular formula is C11H13N3O3. The Labute approximate surface area is 98.1 Å². The van der Waals surface area contributed by atoms with E-state index in [9.17, 15) is 14.7 Å². The standard InChI is InChI=1S/C11H13N3O3/c15-9(8-3-6-12-13-7-8)14-11(10(16)17)4-1-2-5-11/h3,6-7H,1-2,4-5H2,(H,14,15)(H,16,17). The van der Waals surface area contributed by atoms with Gasteiger partial charge in [-0.25, -0.2) is 4.79 Å². The molecule has 1 aliphatic carbocycles. The first-order chi connectivity index (χ1) is 8.14. The van der Waals surface area contributed by atoms with Crippen molar-refractivity contribution in [2.75, 3.05) is 0 Å². The van der Waals surface area contributed by atoms with E-state index in [1.165, 1.54) is 18.5 Å². The molecule has 0 aliphatic heterocycles. The number of rotatable bonds is 3. The molecule has 1 aromatic rings. The van der Waals surface area contributed by atoms with Crippen molar-refractivity contribution in [3.63, 3.8) is 0 Å². The summed E-state index contributed by atoms with van der Waals surface area (Å²) >= 11 is 0. The van der Waals surface area contributed by atoms with Gasteiger partial charge in [-0.1, -0.05) is 12.8 Å². The Balaban J connectivity index is 2.15. The third kappa shape index (κ3) is 2.25. The molecule has 1 amide bonds. The van der Waals surface area contributed by atoms with Crippen LogP contribution in [0.4, 0.5) is 0 Å². The van der Waals surface area contributed by atoms with E-state index in [0.717, 1.165) is 12.8 Å². The predicted octanol–water partition coefficient (Wildman–Crippen LogP) is 0.604. The lowest BCUT2D eigenvalue weighted by Gasteiger charge is -2.25. The first kappa shape index (κ1) is 11.5. The SMILES string of the molecule is O=C(NC1(C(=O)O)CCCC1)c1ccnnc1. The molecule has 6 nitrogen and oxygen atoms in total. The minimum atomic E-state index is -1.11. The average Bonchev–Trinajstić information content (AvgIpc) is 2.80. The van der Waals surface area contributed by atoms with E-state index in [1.807, 2.05) is 0 Å². The van der Waals surface area contributed by atoms with E-state index >= 15 is 0 Å². The number of aromatic nitrogens is 2. The summed E-state index contributed by atoms with van der Waals surface area (Å²) < 4.78 is 0. The van der Waals surface area contributed by atoms with Gasteiger partial charge in [0.2, 0.25) is 0 Å². The number of hydrogen-bond donors (Lipinski definition) is 2. The van der Waals surface area contributed by atoms with Crippen molar-refractivity contribution >= 4 is 11.9 Å². The van der Waals surface area contributed by atoms with Crippen LogP contribution in [-0.4, -0.2) is 32.7 Å². The van der Waals surface area contributed by atoms with Gasteiger partial charge in [-0.15, -0.1) is 0 Å². The predicted molar refractivity (Wildman–Crippen MR) is 58.3 cm³/mol. The molecule has 0 atom stereocenters. The first-order valence-electron chi connectivity index (χ1n) is 5.47. The summed E-state index contributed by atoms with van der Waals surface area (Å²) in [6, 6.07) is 1.51. The highest BCUT2D eigenvalue weighted by Crippen LogP contribution is 2.30. The molecular weight excluding hydrogens is 222 g/mol. The number of carbonyl (C=O) groups is 2. The molecule has 0 bridgehead atoms. The topological polar surface area (TPSA) is 92.2 Å². The quantitative estimate of drug-likeness (QED) is 0.800. The highest BCUT2D eigenvalue weighted by molar-refractivity contribution is 5.97. The molecule has 6 heteroatoms. The summed E-state index contributed by atoms with van der Waals surface area (Å²) in [7, 11) is 0. The van der Waals surface area contributed by atoms with Crippen LogP contribution >= 0.6 is 0 Å². The lowest BCUT2D eigenvalue weighted by atomic mass is 9.97. The molecule has 2 rings (SSSR count). The van der Waals surface area contributed by atoms with Crippen LogP contribution in [0.5, 0.6) is 0 Å². The number of amides is 1. The zero-order valence-corrected chi connectivity index (χ0v) is 9.22. The fourth-order valence-corrected chi connectivity index (χ4v) is 2.09. The number of carboxylic acids is 1. The summed E-state index contributed by atoms with van der Waals surface area (Å²) in [6.45, 7) is 0. The number of carbonyl (C=O) groups excluding carboxylic acids is 1. The molecule has 1 heterocycles. The van der Waals surface area contributed by atoms with E-state index in [2.05, 4.69) is 15.5 Å². The molecule has 0 aromatic carbocycles. The maximum Gasteiger partial charge on any atom is 0.329 e. The van der Waals surface area contributed by atoms with Crippen LogP contribution in [0.25, 0.3) is 0 Å². The molecule has 1 fully saturated rings. The van der Waals surface area contributed by atoms with Gasteiger partial charge in [0.25, 0.3) is 5.91 Å². The van der Waals surface area contributed by atoms with E-state index in [4.69, 9.17) is 0 Å². The van der Waals surface area contributed by atoms with Gasteiger partial charge in [0.1, 0.15) is 5.54 Å². The average molecular weight is 235 g/mol. The van der Waals surface area contributed by atoms with Crippen LogP contribution in [0, 0.1) is 0 Å². The van der Waals surface area contributed by atoms with Crippen molar-refractivity contribution in [3.8, 4) is 0 Å². The first-order valence-corrected chi connectivity index (χ1v) is 5.47. The van der Waals surface area contributed by atoms with E-state index in [-0.39, 0.29) is 0 Å². The zero-order chi connectivity index (χ0) is 12.3. The highest BCUT2D eigenvalue weighted by atomic mass is 16.4. The maximum absolute atomic E-state index is 11.9. The Morgan fingerprint density at radius 2 is 2.00 bits per heavy atom.